The summed E-state index contributed by atoms with van der Waals surface area (Å²) in [5.74, 6) is 0.657. The van der Waals surface area contributed by atoms with Crippen LogP contribution < -0.4 is 5.32 Å². The van der Waals surface area contributed by atoms with Crippen LogP contribution in [0.1, 0.15) is 30.9 Å². The SMILES string of the molecule is CC(CNC1CC1)CN(C)Cc1cccc(C#N)c1. The van der Waals surface area contributed by atoms with Gasteiger partial charge in [-0.1, -0.05) is 19.1 Å². The Morgan fingerprint density at radius 3 is 2.95 bits per heavy atom. The zero-order valence-electron chi connectivity index (χ0n) is 11.9. The second kappa shape index (κ2) is 6.70. The Morgan fingerprint density at radius 2 is 2.26 bits per heavy atom. The fourth-order valence-electron chi connectivity index (χ4n) is 2.37. The first-order chi connectivity index (χ1) is 9.17. The normalized spacial score (nSPS) is 16.3. The average molecular weight is 257 g/mol. The van der Waals surface area contributed by atoms with Crippen LogP contribution in [0.3, 0.4) is 0 Å². The molecule has 0 amide bonds. The van der Waals surface area contributed by atoms with Crippen LogP contribution in [0, 0.1) is 17.2 Å². The molecule has 1 aliphatic carbocycles. The van der Waals surface area contributed by atoms with Crippen molar-refractivity contribution in [3.63, 3.8) is 0 Å². The molecule has 1 fully saturated rings. The van der Waals surface area contributed by atoms with Crippen LogP contribution >= 0.6 is 0 Å². The Morgan fingerprint density at radius 1 is 1.47 bits per heavy atom. The Hall–Kier alpha value is -1.37. The van der Waals surface area contributed by atoms with Gasteiger partial charge in [-0.25, -0.2) is 0 Å². The predicted molar refractivity (Wildman–Crippen MR) is 77.7 cm³/mol. The molecule has 3 nitrogen and oxygen atoms in total. The lowest BCUT2D eigenvalue weighted by molar-refractivity contribution is 0.273. The molecule has 1 unspecified atom stereocenters. The van der Waals surface area contributed by atoms with Crippen LogP contribution in [-0.2, 0) is 6.54 Å². The summed E-state index contributed by atoms with van der Waals surface area (Å²) in [5.41, 5.74) is 1.96. The molecule has 3 heteroatoms. The topological polar surface area (TPSA) is 39.1 Å². The summed E-state index contributed by atoms with van der Waals surface area (Å²) in [4.78, 5) is 2.33. The van der Waals surface area contributed by atoms with Crippen LogP contribution in [0.15, 0.2) is 24.3 Å². The van der Waals surface area contributed by atoms with E-state index in [0.29, 0.717) is 5.92 Å². The lowest BCUT2D eigenvalue weighted by Crippen LogP contribution is -2.31. The Bertz CT molecular complexity index is 446. The number of benzene rings is 1. The molecule has 1 aliphatic rings. The Kier molecular flexibility index (Phi) is 4.95. The molecule has 1 aromatic rings. The fourth-order valence-corrected chi connectivity index (χ4v) is 2.37. The van der Waals surface area contributed by atoms with Crippen molar-refractivity contribution in [2.24, 2.45) is 5.92 Å². The van der Waals surface area contributed by atoms with Gasteiger partial charge in [0.15, 0.2) is 0 Å². The molecule has 0 aliphatic heterocycles. The van der Waals surface area contributed by atoms with Crippen LogP contribution in [0.25, 0.3) is 0 Å². The van der Waals surface area contributed by atoms with E-state index < -0.39 is 0 Å². The van der Waals surface area contributed by atoms with Gasteiger partial charge < -0.3 is 10.2 Å². The van der Waals surface area contributed by atoms with E-state index >= 15 is 0 Å². The lowest BCUT2D eigenvalue weighted by atomic mass is 10.1. The molecule has 0 radical (unpaired) electrons. The van der Waals surface area contributed by atoms with Crippen molar-refractivity contribution in [3.8, 4) is 6.07 Å². The number of nitriles is 1. The highest BCUT2D eigenvalue weighted by Crippen LogP contribution is 2.18. The second-order valence-electron chi connectivity index (χ2n) is 5.80. The maximum atomic E-state index is 8.90. The highest BCUT2D eigenvalue weighted by molar-refractivity contribution is 5.32. The molecule has 1 aromatic carbocycles. The molecule has 1 saturated carbocycles. The van der Waals surface area contributed by atoms with E-state index in [1.54, 1.807) is 0 Å². The molecule has 0 bridgehead atoms. The maximum Gasteiger partial charge on any atom is 0.0991 e. The third-order valence-corrected chi connectivity index (χ3v) is 3.46. The first-order valence-electron chi connectivity index (χ1n) is 7.08. The van der Waals surface area contributed by atoms with Crippen LogP contribution in [0.5, 0.6) is 0 Å². The molecular formula is C16H23N3. The molecule has 102 valence electrons. The van der Waals surface area contributed by atoms with E-state index in [1.807, 2.05) is 18.2 Å². The highest BCUT2D eigenvalue weighted by Gasteiger charge is 2.21. The van der Waals surface area contributed by atoms with Gasteiger partial charge >= 0.3 is 0 Å². The molecule has 1 N–H and O–H groups in total. The third-order valence-electron chi connectivity index (χ3n) is 3.46. The molecule has 0 aromatic heterocycles. The minimum absolute atomic E-state index is 0.657. The smallest absolute Gasteiger partial charge is 0.0991 e. The van der Waals surface area contributed by atoms with Gasteiger partial charge in [0.25, 0.3) is 0 Å². The van der Waals surface area contributed by atoms with Crippen molar-refractivity contribution < 1.29 is 0 Å². The first kappa shape index (κ1) is 14.0. The number of rotatable bonds is 7. The fraction of sp³-hybridized carbons (Fsp3) is 0.562. The summed E-state index contributed by atoms with van der Waals surface area (Å²) in [7, 11) is 2.15. The van der Waals surface area contributed by atoms with Gasteiger partial charge in [0.1, 0.15) is 0 Å². The van der Waals surface area contributed by atoms with Gasteiger partial charge in [0.2, 0.25) is 0 Å². The van der Waals surface area contributed by atoms with E-state index in [1.165, 1.54) is 18.4 Å². The van der Waals surface area contributed by atoms with Gasteiger partial charge in [-0.3, -0.25) is 0 Å². The molecular weight excluding hydrogens is 234 g/mol. The van der Waals surface area contributed by atoms with Gasteiger partial charge in [-0.15, -0.1) is 0 Å². The average Bonchev–Trinajstić information content (AvgIpc) is 3.20. The van der Waals surface area contributed by atoms with Gasteiger partial charge in [0, 0.05) is 19.1 Å². The van der Waals surface area contributed by atoms with E-state index in [-0.39, 0.29) is 0 Å². The van der Waals surface area contributed by atoms with E-state index in [2.05, 4.69) is 36.3 Å². The molecule has 0 saturated heterocycles. The van der Waals surface area contributed by atoms with Crippen molar-refractivity contribution in [2.75, 3.05) is 20.1 Å². The van der Waals surface area contributed by atoms with E-state index in [4.69, 9.17) is 5.26 Å². The van der Waals surface area contributed by atoms with Crippen molar-refractivity contribution >= 4 is 0 Å². The second-order valence-corrected chi connectivity index (χ2v) is 5.80. The minimum Gasteiger partial charge on any atom is -0.314 e. The standard InChI is InChI=1S/C16H23N3/c1-13(10-18-16-6-7-16)11-19(2)12-15-5-3-4-14(8-15)9-17/h3-5,8,13,16,18H,6-7,10-12H2,1-2H3. The van der Waals surface area contributed by atoms with Crippen LogP contribution in [0.2, 0.25) is 0 Å². The summed E-state index contributed by atoms with van der Waals surface area (Å²) in [6.45, 7) is 5.38. The zero-order valence-corrected chi connectivity index (χ0v) is 11.9. The number of nitrogens with zero attached hydrogens (tertiary/aromatic N) is 2. The van der Waals surface area contributed by atoms with Crippen molar-refractivity contribution in [2.45, 2.75) is 32.4 Å². The summed E-state index contributed by atoms with van der Waals surface area (Å²) in [6.07, 6.45) is 2.70. The molecule has 19 heavy (non-hydrogen) atoms. The van der Waals surface area contributed by atoms with Gasteiger partial charge in [-0.2, -0.15) is 5.26 Å². The largest absolute Gasteiger partial charge is 0.314 e. The summed E-state index contributed by atoms with van der Waals surface area (Å²) in [5, 5.41) is 12.5. The predicted octanol–water partition coefficient (Wildman–Crippen LogP) is 2.38. The third kappa shape index (κ3) is 5.02. The van der Waals surface area contributed by atoms with Crippen LogP contribution in [0.4, 0.5) is 0 Å². The minimum atomic E-state index is 0.657. The van der Waals surface area contributed by atoms with Crippen molar-refractivity contribution in [3.05, 3.63) is 35.4 Å². The quantitative estimate of drug-likeness (QED) is 0.815. The van der Waals surface area contributed by atoms with E-state index in [0.717, 1.165) is 31.2 Å². The number of nitrogens with one attached hydrogen (secondary N) is 1. The molecule has 2 rings (SSSR count). The van der Waals surface area contributed by atoms with Crippen LogP contribution in [-0.4, -0.2) is 31.1 Å². The maximum absolute atomic E-state index is 8.90. The van der Waals surface area contributed by atoms with Gasteiger partial charge in [-0.05, 0) is 50.0 Å². The number of hydrogen-bond acceptors (Lipinski definition) is 3. The monoisotopic (exact) mass is 257 g/mol. The van der Waals surface area contributed by atoms with Crippen molar-refractivity contribution in [1.82, 2.24) is 10.2 Å². The van der Waals surface area contributed by atoms with Crippen molar-refractivity contribution in [1.29, 1.82) is 5.26 Å². The Labute approximate surface area is 116 Å². The molecule has 0 spiro atoms. The first-order valence-corrected chi connectivity index (χ1v) is 7.08. The molecule has 0 heterocycles. The summed E-state index contributed by atoms with van der Waals surface area (Å²) >= 11 is 0. The lowest BCUT2D eigenvalue weighted by Gasteiger charge is -2.21. The number of hydrogen-bond donors (Lipinski definition) is 1. The van der Waals surface area contributed by atoms with E-state index in [9.17, 15) is 0 Å². The molecule has 1 atom stereocenters. The van der Waals surface area contributed by atoms with Gasteiger partial charge in [0.05, 0.1) is 11.6 Å². The zero-order chi connectivity index (χ0) is 13.7. The Balaban J connectivity index is 1.75. The summed E-state index contributed by atoms with van der Waals surface area (Å²) < 4.78 is 0. The summed E-state index contributed by atoms with van der Waals surface area (Å²) in [6, 6.07) is 10.9. The highest BCUT2D eigenvalue weighted by atomic mass is 15.1.